The van der Waals surface area contributed by atoms with Gasteiger partial charge in [-0.25, -0.2) is 0 Å². The predicted molar refractivity (Wildman–Crippen MR) is 70.0 cm³/mol. The third-order valence-corrected chi connectivity index (χ3v) is 2.93. The molecule has 0 aliphatic rings. The van der Waals surface area contributed by atoms with Gasteiger partial charge in [0.2, 0.25) is 0 Å². The highest BCUT2D eigenvalue weighted by molar-refractivity contribution is 5.27. The second-order valence-electron chi connectivity index (χ2n) is 4.40. The summed E-state index contributed by atoms with van der Waals surface area (Å²) in [6.45, 7) is 6.36. The zero-order valence-electron chi connectivity index (χ0n) is 10.8. The van der Waals surface area contributed by atoms with Gasteiger partial charge in [-0.2, -0.15) is 0 Å². The molecule has 3 nitrogen and oxygen atoms in total. The molecule has 1 aromatic rings. The summed E-state index contributed by atoms with van der Waals surface area (Å²) in [5.74, 6) is 0. The first-order valence-corrected chi connectivity index (χ1v) is 6.25. The Labute approximate surface area is 104 Å². The molecule has 1 unspecified atom stereocenters. The second-order valence-corrected chi connectivity index (χ2v) is 4.40. The van der Waals surface area contributed by atoms with Gasteiger partial charge in [0.15, 0.2) is 0 Å². The Balaban J connectivity index is 2.63. The third kappa shape index (κ3) is 4.46. The standard InChI is InChI=1S/C14H23NO2/c1-3-8-15(9-10-16)11-14(17)13-7-5-4-6-12(13)2/h4-7,14,16-17H,3,8-11H2,1-2H3. The number of benzene rings is 1. The van der Waals surface area contributed by atoms with Crippen LogP contribution in [0.5, 0.6) is 0 Å². The molecule has 0 aromatic heterocycles. The maximum Gasteiger partial charge on any atom is 0.0919 e. The van der Waals surface area contributed by atoms with Gasteiger partial charge < -0.3 is 10.2 Å². The van der Waals surface area contributed by atoms with Crippen LogP contribution in [0.3, 0.4) is 0 Å². The fourth-order valence-electron chi connectivity index (χ4n) is 2.06. The predicted octanol–water partition coefficient (Wildman–Crippen LogP) is 1.73. The molecule has 0 heterocycles. The summed E-state index contributed by atoms with van der Waals surface area (Å²) < 4.78 is 0. The monoisotopic (exact) mass is 237 g/mol. The molecule has 0 aliphatic heterocycles. The lowest BCUT2D eigenvalue weighted by molar-refractivity contribution is 0.0995. The van der Waals surface area contributed by atoms with E-state index < -0.39 is 6.10 Å². The van der Waals surface area contributed by atoms with Crippen LogP contribution in [0.2, 0.25) is 0 Å². The highest BCUT2D eigenvalue weighted by Crippen LogP contribution is 2.18. The van der Waals surface area contributed by atoms with Crippen molar-refractivity contribution in [3.8, 4) is 0 Å². The molecule has 0 aliphatic carbocycles. The van der Waals surface area contributed by atoms with Crippen LogP contribution in [0.25, 0.3) is 0 Å². The van der Waals surface area contributed by atoms with Crippen molar-refractivity contribution in [2.24, 2.45) is 0 Å². The topological polar surface area (TPSA) is 43.7 Å². The molecular formula is C14H23NO2. The highest BCUT2D eigenvalue weighted by atomic mass is 16.3. The second kappa shape index (κ2) is 7.43. The Morgan fingerprint density at radius 3 is 2.53 bits per heavy atom. The zero-order valence-corrected chi connectivity index (χ0v) is 10.8. The number of hydrogen-bond donors (Lipinski definition) is 2. The van der Waals surface area contributed by atoms with E-state index in [0.29, 0.717) is 13.1 Å². The molecular weight excluding hydrogens is 214 g/mol. The zero-order chi connectivity index (χ0) is 12.7. The van der Waals surface area contributed by atoms with E-state index in [-0.39, 0.29) is 6.61 Å². The molecule has 0 spiro atoms. The lowest BCUT2D eigenvalue weighted by Crippen LogP contribution is -2.32. The molecule has 0 radical (unpaired) electrons. The molecule has 1 atom stereocenters. The minimum absolute atomic E-state index is 0.139. The molecule has 0 saturated heterocycles. The van der Waals surface area contributed by atoms with E-state index in [1.807, 2.05) is 31.2 Å². The van der Waals surface area contributed by atoms with Gasteiger partial charge >= 0.3 is 0 Å². The maximum atomic E-state index is 10.2. The van der Waals surface area contributed by atoms with Gasteiger partial charge in [-0.05, 0) is 31.0 Å². The average Bonchev–Trinajstić information content (AvgIpc) is 2.30. The van der Waals surface area contributed by atoms with E-state index in [1.165, 1.54) is 0 Å². The van der Waals surface area contributed by atoms with E-state index in [1.54, 1.807) is 0 Å². The van der Waals surface area contributed by atoms with Crippen LogP contribution in [0.1, 0.15) is 30.6 Å². The summed E-state index contributed by atoms with van der Waals surface area (Å²) in [4.78, 5) is 2.09. The minimum atomic E-state index is -0.478. The van der Waals surface area contributed by atoms with E-state index in [2.05, 4.69) is 11.8 Å². The van der Waals surface area contributed by atoms with Crippen molar-refractivity contribution in [1.29, 1.82) is 0 Å². The van der Waals surface area contributed by atoms with Crippen molar-refractivity contribution in [3.05, 3.63) is 35.4 Å². The Bertz CT molecular complexity index is 322. The number of aliphatic hydroxyl groups is 2. The van der Waals surface area contributed by atoms with Gasteiger partial charge in [0.25, 0.3) is 0 Å². The molecule has 0 fully saturated rings. The van der Waals surface area contributed by atoms with Gasteiger partial charge in [-0.3, -0.25) is 4.90 Å². The van der Waals surface area contributed by atoms with Crippen LogP contribution in [0, 0.1) is 6.92 Å². The van der Waals surface area contributed by atoms with Crippen LogP contribution in [-0.4, -0.2) is 41.4 Å². The summed E-state index contributed by atoms with van der Waals surface area (Å²) in [5, 5.41) is 19.2. The first-order valence-electron chi connectivity index (χ1n) is 6.25. The normalized spacial score (nSPS) is 13.0. The van der Waals surface area contributed by atoms with Crippen molar-refractivity contribution in [2.75, 3.05) is 26.2 Å². The summed E-state index contributed by atoms with van der Waals surface area (Å²) in [6, 6.07) is 7.89. The Morgan fingerprint density at radius 2 is 1.94 bits per heavy atom. The van der Waals surface area contributed by atoms with Crippen LogP contribution in [0.4, 0.5) is 0 Å². The molecule has 0 amide bonds. The number of aryl methyl sites for hydroxylation is 1. The fourth-order valence-corrected chi connectivity index (χ4v) is 2.06. The van der Waals surface area contributed by atoms with E-state index >= 15 is 0 Å². The van der Waals surface area contributed by atoms with Crippen LogP contribution in [-0.2, 0) is 0 Å². The van der Waals surface area contributed by atoms with Gasteiger partial charge in [-0.15, -0.1) is 0 Å². The average molecular weight is 237 g/mol. The van der Waals surface area contributed by atoms with Crippen molar-refractivity contribution in [3.63, 3.8) is 0 Å². The van der Waals surface area contributed by atoms with E-state index in [0.717, 1.165) is 24.1 Å². The highest BCUT2D eigenvalue weighted by Gasteiger charge is 2.14. The lowest BCUT2D eigenvalue weighted by atomic mass is 10.0. The largest absolute Gasteiger partial charge is 0.395 e. The summed E-state index contributed by atoms with van der Waals surface area (Å²) in [7, 11) is 0. The molecule has 96 valence electrons. The van der Waals surface area contributed by atoms with Crippen LogP contribution in [0.15, 0.2) is 24.3 Å². The summed E-state index contributed by atoms with van der Waals surface area (Å²) >= 11 is 0. The molecule has 1 aromatic carbocycles. The molecule has 3 heteroatoms. The number of rotatable bonds is 7. The quantitative estimate of drug-likeness (QED) is 0.759. The molecule has 1 rings (SSSR count). The van der Waals surface area contributed by atoms with Gasteiger partial charge in [0, 0.05) is 13.1 Å². The molecule has 17 heavy (non-hydrogen) atoms. The number of nitrogens with zero attached hydrogens (tertiary/aromatic N) is 1. The Hall–Kier alpha value is -0.900. The Morgan fingerprint density at radius 1 is 1.24 bits per heavy atom. The first-order chi connectivity index (χ1) is 8.19. The first kappa shape index (κ1) is 14.2. The number of hydrogen-bond acceptors (Lipinski definition) is 3. The summed E-state index contributed by atoms with van der Waals surface area (Å²) in [5.41, 5.74) is 2.09. The number of aliphatic hydroxyl groups excluding tert-OH is 2. The van der Waals surface area contributed by atoms with Gasteiger partial charge in [0.05, 0.1) is 12.7 Å². The van der Waals surface area contributed by atoms with Crippen molar-refractivity contribution in [1.82, 2.24) is 4.90 Å². The SMILES string of the molecule is CCCN(CCO)CC(O)c1ccccc1C. The van der Waals surface area contributed by atoms with Crippen molar-refractivity contribution < 1.29 is 10.2 Å². The van der Waals surface area contributed by atoms with Crippen molar-refractivity contribution in [2.45, 2.75) is 26.4 Å². The molecule has 2 N–H and O–H groups in total. The molecule has 0 saturated carbocycles. The minimum Gasteiger partial charge on any atom is -0.395 e. The lowest BCUT2D eigenvalue weighted by Gasteiger charge is -2.24. The summed E-state index contributed by atoms with van der Waals surface area (Å²) in [6.07, 6.45) is 0.551. The van der Waals surface area contributed by atoms with Crippen LogP contribution >= 0.6 is 0 Å². The van der Waals surface area contributed by atoms with Crippen LogP contribution < -0.4 is 0 Å². The van der Waals surface area contributed by atoms with Crippen molar-refractivity contribution >= 4 is 0 Å². The van der Waals surface area contributed by atoms with E-state index in [4.69, 9.17) is 5.11 Å². The van der Waals surface area contributed by atoms with E-state index in [9.17, 15) is 5.11 Å². The smallest absolute Gasteiger partial charge is 0.0919 e. The third-order valence-electron chi connectivity index (χ3n) is 2.93. The maximum absolute atomic E-state index is 10.2. The molecule has 0 bridgehead atoms. The fraction of sp³-hybridized carbons (Fsp3) is 0.571. The van der Waals surface area contributed by atoms with Gasteiger partial charge in [-0.1, -0.05) is 31.2 Å². The Kier molecular flexibility index (Phi) is 6.19. The van der Waals surface area contributed by atoms with Gasteiger partial charge in [0.1, 0.15) is 0 Å².